The molecule has 2 rings (SSSR count). The molecule has 5 nitrogen and oxygen atoms in total. The predicted molar refractivity (Wildman–Crippen MR) is 104 cm³/mol. The number of ether oxygens (including phenoxy) is 2. The fourth-order valence-electron chi connectivity index (χ4n) is 2.19. The summed E-state index contributed by atoms with van der Waals surface area (Å²) in [6.07, 6.45) is 0. The normalized spacial score (nSPS) is 10.3. The van der Waals surface area contributed by atoms with E-state index in [9.17, 15) is 9.59 Å². The van der Waals surface area contributed by atoms with Crippen molar-refractivity contribution in [1.82, 2.24) is 0 Å². The predicted octanol–water partition coefficient (Wildman–Crippen LogP) is 3.98. The minimum Gasteiger partial charge on any atom is -0.490 e. The lowest BCUT2D eigenvalue weighted by molar-refractivity contribution is -0.141. The van der Waals surface area contributed by atoms with Crippen molar-refractivity contribution >= 4 is 29.3 Å². The molecular formula is C20H23NO4S. The smallest absolute Gasteiger partial charge is 0.316 e. The van der Waals surface area contributed by atoms with Gasteiger partial charge in [0.15, 0.2) is 0 Å². The maximum absolute atomic E-state index is 11.8. The molecule has 0 heterocycles. The highest BCUT2D eigenvalue weighted by Crippen LogP contribution is 2.21. The van der Waals surface area contributed by atoms with Crippen LogP contribution >= 0.6 is 11.8 Å². The molecule has 0 saturated carbocycles. The minimum atomic E-state index is -0.287. The second-order valence-electron chi connectivity index (χ2n) is 5.83. The summed E-state index contributed by atoms with van der Waals surface area (Å²) < 4.78 is 10.8. The van der Waals surface area contributed by atoms with Crippen LogP contribution in [0.4, 0.5) is 5.69 Å². The van der Waals surface area contributed by atoms with Gasteiger partial charge in [0, 0.05) is 17.5 Å². The summed E-state index contributed by atoms with van der Waals surface area (Å²) in [5.74, 6) is 0.639. The average Bonchev–Trinajstić information content (AvgIpc) is 2.60. The second kappa shape index (κ2) is 9.87. The standard InChI is InChI=1S/C20H23NO4S/c1-14-4-5-15(2)19(12-14)24-10-11-25-20(23)13-26-18-8-6-17(7-9-18)21-16(3)22/h4-9,12H,10-11,13H2,1-3H3,(H,21,22). The Labute approximate surface area is 158 Å². The third-order valence-corrected chi connectivity index (χ3v) is 4.46. The number of hydrogen-bond acceptors (Lipinski definition) is 5. The quantitative estimate of drug-likeness (QED) is 0.431. The van der Waals surface area contributed by atoms with E-state index in [0.29, 0.717) is 6.61 Å². The van der Waals surface area contributed by atoms with Crippen LogP contribution in [0.5, 0.6) is 5.75 Å². The summed E-state index contributed by atoms with van der Waals surface area (Å²) in [6.45, 7) is 5.99. The fourth-order valence-corrected chi connectivity index (χ4v) is 2.89. The molecule has 0 aromatic heterocycles. The van der Waals surface area contributed by atoms with Crippen LogP contribution in [0.25, 0.3) is 0 Å². The first-order chi connectivity index (χ1) is 12.4. The first kappa shape index (κ1) is 19.8. The first-order valence-corrected chi connectivity index (χ1v) is 9.29. The van der Waals surface area contributed by atoms with Crippen molar-refractivity contribution in [2.75, 3.05) is 24.3 Å². The number of carbonyl (C=O) groups excluding carboxylic acids is 2. The summed E-state index contributed by atoms with van der Waals surface area (Å²) in [5, 5.41) is 2.70. The van der Waals surface area contributed by atoms with Gasteiger partial charge in [0.1, 0.15) is 19.0 Å². The van der Waals surface area contributed by atoms with Gasteiger partial charge >= 0.3 is 5.97 Å². The Kier molecular flexibility index (Phi) is 7.53. The van der Waals surface area contributed by atoms with Crippen molar-refractivity contribution < 1.29 is 19.1 Å². The SMILES string of the molecule is CC(=O)Nc1ccc(SCC(=O)OCCOc2cc(C)ccc2C)cc1. The zero-order chi connectivity index (χ0) is 18.9. The van der Waals surface area contributed by atoms with Gasteiger partial charge in [0.2, 0.25) is 5.91 Å². The molecule has 0 aliphatic carbocycles. The zero-order valence-corrected chi connectivity index (χ0v) is 16.0. The molecule has 6 heteroatoms. The topological polar surface area (TPSA) is 64.6 Å². The maximum atomic E-state index is 11.8. The Morgan fingerprint density at radius 2 is 1.77 bits per heavy atom. The molecule has 1 amide bonds. The van der Waals surface area contributed by atoms with Crippen LogP contribution < -0.4 is 10.1 Å². The number of rotatable bonds is 8. The molecule has 0 spiro atoms. The molecule has 2 aromatic rings. The molecule has 138 valence electrons. The van der Waals surface area contributed by atoms with E-state index in [1.54, 1.807) is 12.1 Å². The van der Waals surface area contributed by atoms with Crippen LogP contribution in [-0.2, 0) is 14.3 Å². The van der Waals surface area contributed by atoms with Gasteiger partial charge in [-0.25, -0.2) is 0 Å². The number of nitrogens with one attached hydrogen (secondary N) is 1. The number of benzene rings is 2. The Morgan fingerprint density at radius 1 is 1.04 bits per heavy atom. The van der Waals surface area contributed by atoms with E-state index in [0.717, 1.165) is 27.5 Å². The van der Waals surface area contributed by atoms with Gasteiger partial charge in [0.05, 0.1) is 5.75 Å². The minimum absolute atomic E-state index is 0.114. The molecule has 0 atom stereocenters. The lowest BCUT2D eigenvalue weighted by Gasteiger charge is -2.10. The third-order valence-electron chi connectivity index (χ3n) is 3.48. The summed E-state index contributed by atoms with van der Waals surface area (Å²) in [7, 11) is 0. The number of amides is 1. The number of carbonyl (C=O) groups is 2. The Balaban J connectivity index is 1.67. The maximum Gasteiger partial charge on any atom is 0.316 e. The van der Waals surface area contributed by atoms with Crippen LogP contribution in [0.3, 0.4) is 0 Å². The van der Waals surface area contributed by atoms with Crippen molar-refractivity contribution in [3.63, 3.8) is 0 Å². The summed E-state index contributed by atoms with van der Waals surface area (Å²) >= 11 is 1.39. The second-order valence-corrected chi connectivity index (χ2v) is 6.88. The number of anilines is 1. The average molecular weight is 373 g/mol. The number of esters is 1. The van der Waals surface area contributed by atoms with E-state index < -0.39 is 0 Å². The molecule has 1 N–H and O–H groups in total. The highest BCUT2D eigenvalue weighted by Gasteiger charge is 2.06. The van der Waals surface area contributed by atoms with Gasteiger partial charge in [-0.1, -0.05) is 12.1 Å². The van der Waals surface area contributed by atoms with Gasteiger partial charge in [-0.2, -0.15) is 0 Å². The summed E-state index contributed by atoms with van der Waals surface area (Å²) in [5.41, 5.74) is 2.91. The molecule has 0 aliphatic heterocycles. The van der Waals surface area contributed by atoms with E-state index >= 15 is 0 Å². The Morgan fingerprint density at radius 3 is 2.46 bits per heavy atom. The summed E-state index contributed by atoms with van der Waals surface area (Å²) in [6, 6.07) is 13.3. The van der Waals surface area contributed by atoms with E-state index in [1.165, 1.54) is 18.7 Å². The molecule has 2 aromatic carbocycles. The zero-order valence-electron chi connectivity index (χ0n) is 15.2. The van der Waals surface area contributed by atoms with Gasteiger partial charge in [-0.05, 0) is 55.3 Å². The van der Waals surface area contributed by atoms with E-state index in [4.69, 9.17) is 9.47 Å². The van der Waals surface area contributed by atoms with Gasteiger partial charge < -0.3 is 14.8 Å². The molecule has 0 radical (unpaired) electrons. The van der Waals surface area contributed by atoms with E-state index in [2.05, 4.69) is 5.32 Å². The van der Waals surface area contributed by atoms with Crippen LogP contribution in [0.2, 0.25) is 0 Å². The van der Waals surface area contributed by atoms with E-state index in [1.807, 2.05) is 44.2 Å². The summed E-state index contributed by atoms with van der Waals surface area (Å²) in [4.78, 5) is 23.7. The molecular weight excluding hydrogens is 350 g/mol. The van der Waals surface area contributed by atoms with Crippen molar-refractivity contribution in [3.8, 4) is 5.75 Å². The molecule has 0 aliphatic rings. The van der Waals surface area contributed by atoms with Gasteiger partial charge in [0.25, 0.3) is 0 Å². The number of hydrogen-bond donors (Lipinski definition) is 1. The Hall–Kier alpha value is -2.47. The van der Waals surface area contributed by atoms with Gasteiger partial charge in [-0.3, -0.25) is 9.59 Å². The molecule has 0 fully saturated rings. The molecule has 26 heavy (non-hydrogen) atoms. The van der Waals surface area contributed by atoms with Crippen molar-refractivity contribution in [2.45, 2.75) is 25.7 Å². The van der Waals surface area contributed by atoms with Crippen LogP contribution in [0.1, 0.15) is 18.1 Å². The number of aryl methyl sites for hydroxylation is 2. The highest BCUT2D eigenvalue weighted by molar-refractivity contribution is 8.00. The largest absolute Gasteiger partial charge is 0.490 e. The van der Waals surface area contributed by atoms with Crippen LogP contribution in [0, 0.1) is 13.8 Å². The van der Waals surface area contributed by atoms with Crippen molar-refractivity contribution in [3.05, 3.63) is 53.6 Å². The van der Waals surface area contributed by atoms with Crippen molar-refractivity contribution in [2.24, 2.45) is 0 Å². The fraction of sp³-hybridized carbons (Fsp3) is 0.300. The third kappa shape index (κ3) is 6.80. The molecule has 0 bridgehead atoms. The Bertz CT molecular complexity index is 759. The van der Waals surface area contributed by atoms with E-state index in [-0.39, 0.29) is 24.2 Å². The molecule has 0 unspecified atom stereocenters. The monoisotopic (exact) mass is 373 g/mol. The van der Waals surface area contributed by atoms with Gasteiger partial charge in [-0.15, -0.1) is 11.8 Å². The molecule has 0 saturated heterocycles. The van der Waals surface area contributed by atoms with Crippen LogP contribution in [-0.4, -0.2) is 30.8 Å². The van der Waals surface area contributed by atoms with Crippen LogP contribution in [0.15, 0.2) is 47.4 Å². The first-order valence-electron chi connectivity index (χ1n) is 8.30. The highest BCUT2D eigenvalue weighted by atomic mass is 32.2. The van der Waals surface area contributed by atoms with Crippen molar-refractivity contribution in [1.29, 1.82) is 0 Å². The lowest BCUT2D eigenvalue weighted by atomic mass is 10.1. The lowest BCUT2D eigenvalue weighted by Crippen LogP contribution is -2.14. The number of thioether (sulfide) groups is 1.